The Bertz CT molecular complexity index is 608. The molecule has 0 amide bonds. The van der Waals surface area contributed by atoms with Crippen LogP contribution in [0.4, 0.5) is 5.69 Å². The van der Waals surface area contributed by atoms with E-state index in [-0.39, 0.29) is 17.5 Å². The highest BCUT2D eigenvalue weighted by Gasteiger charge is 2.28. The maximum atomic E-state index is 11.2. The van der Waals surface area contributed by atoms with E-state index in [1.54, 1.807) is 19.9 Å². The molecule has 1 unspecified atom stereocenters. The average molecular weight is 348 g/mol. The van der Waals surface area contributed by atoms with Crippen LogP contribution < -0.4 is 4.52 Å². The number of nitro benzene ring substituents is 1. The van der Waals surface area contributed by atoms with Crippen molar-refractivity contribution in [3.8, 4) is 5.75 Å². The smallest absolute Gasteiger partial charge is 0.395 e. The molecule has 0 aliphatic rings. The first-order valence-corrected chi connectivity index (χ1v) is 9.41. The Balaban J connectivity index is 3.13. The minimum atomic E-state index is -3.69. The molecule has 0 saturated heterocycles. The largest absolute Gasteiger partial charge is 0.416 e. The highest BCUT2D eigenvalue weighted by atomic mass is 32.5. The van der Waals surface area contributed by atoms with Crippen LogP contribution in [0.25, 0.3) is 0 Å². The molecule has 0 aliphatic carbocycles. The molecule has 0 heterocycles. The summed E-state index contributed by atoms with van der Waals surface area (Å²) in [6, 6.07) is 3.08. The van der Waals surface area contributed by atoms with E-state index >= 15 is 0 Å². The predicted molar refractivity (Wildman–Crippen MR) is 88.3 cm³/mol. The van der Waals surface area contributed by atoms with Crippen molar-refractivity contribution in [3.05, 3.63) is 33.4 Å². The van der Waals surface area contributed by atoms with E-state index in [1.165, 1.54) is 11.1 Å². The molecule has 1 aromatic carbocycles. The van der Waals surface area contributed by atoms with Gasteiger partial charge in [0.15, 0.2) is 0 Å². The average Bonchev–Trinajstić information content (AvgIpc) is 2.38. The van der Waals surface area contributed by atoms with Crippen LogP contribution in [0.5, 0.6) is 5.75 Å². The van der Waals surface area contributed by atoms with Crippen molar-refractivity contribution in [1.29, 1.82) is 0 Å². The molecule has 0 bridgehead atoms. The van der Waals surface area contributed by atoms with E-state index in [9.17, 15) is 15.0 Å². The number of hydroxylamine groups is 2. The van der Waals surface area contributed by atoms with E-state index in [1.807, 2.05) is 20.8 Å². The predicted octanol–water partition coefficient (Wildman–Crippen LogP) is 3.47. The van der Waals surface area contributed by atoms with Gasteiger partial charge in [0.05, 0.1) is 4.92 Å². The Morgan fingerprint density at radius 2 is 2.05 bits per heavy atom. The first kappa shape index (κ1) is 19.0. The van der Waals surface area contributed by atoms with Gasteiger partial charge in [0.25, 0.3) is 0 Å². The highest BCUT2D eigenvalue weighted by molar-refractivity contribution is 8.07. The number of benzene rings is 1. The zero-order chi connectivity index (χ0) is 17.1. The van der Waals surface area contributed by atoms with Crippen LogP contribution in [0, 0.1) is 24.0 Å². The SMILES string of the molecule is CCN(OP(O)(=S)Oc1c(C)cc(C)cc1[N+](=O)[O-])C(C)C. The lowest BCUT2D eigenvalue weighted by molar-refractivity contribution is -0.385. The molecule has 0 aromatic heterocycles. The van der Waals surface area contributed by atoms with Gasteiger partial charge in [0.1, 0.15) is 0 Å². The van der Waals surface area contributed by atoms with Gasteiger partial charge in [-0.1, -0.05) is 13.0 Å². The maximum absolute atomic E-state index is 11.2. The third-order valence-corrected chi connectivity index (χ3v) is 4.15. The Hall–Kier alpha value is -1.05. The molecule has 22 heavy (non-hydrogen) atoms. The van der Waals surface area contributed by atoms with E-state index in [0.29, 0.717) is 12.1 Å². The Morgan fingerprint density at radius 1 is 1.45 bits per heavy atom. The van der Waals surface area contributed by atoms with Crippen LogP contribution in [-0.2, 0) is 16.4 Å². The summed E-state index contributed by atoms with van der Waals surface area (Å²) in [6.45, 7) is 5.79. The molecular weight excluding hydrogens is 327 g/mol. The molecule has 1 N–H and O–H groups in total. The van der Waals surface area contributed by atoms with Gasteiger partial charge in [-0.3, -0.25) is 10.1 Å². The van der Waals surface area contributed by atoms with Crippen molar-refractivity contribution in [1.82, 2.24) is 5.06 Å². The minimum absolute atomic E-state index is 0.0165. The first-order valence-electron chi connectivity index (χ1n) is 6.81. The summed E-state index contributed by atoms with van der Waals surface area (Å²) in [6.07, 6.45) is 0. The van der Waals surface area contributed by atoms with Crippen molar-refractivity contribution >= 4 is 24.2 Å². The van der Waals surface area contributed by atoms with E-state index in [2.05, 4.69) is 0 Å². The Morgan fingerprint density at radius 3 is 2.50 bits per heavy atom. The summed E-state index contributed by atoms with van der Waals surface area (Å²) >= 11 is 4.98. The maximum Gasteiger partial charge on any atom is 0.395 e. The van der Waals surface area contributed by atoms with Gasteiger partial charge in [0, 0.05) is 30.5 Å². The third-order valence-electron chi connectivity index (χ3n) is 2.90. The zero-order valence-electron chi connectivity index (χ0n) is 13.3. The van der Waals surface area contributed by atoms with E-state index < -0.39 is 11.6 Å². The molecule has 0 aliphatic heterocycles. The fourth-order valence-electron chi connectivity index (χ4n) is 1.97. The van der Waals surface area contributed by atoms with E-state index in [4.69, 9.17) is 21.0 Å². The molecule has 0 saturated carbocycles. The Kier molecular flexibility index (Phi) is 6.46. The van der Waals surface area contributed by atoms with Crippen molar-refractivity contribution < 1.29 is 19.0 Å². The topological polar surface area (TPSA) is 85.1 Å². The second kappa shape index (κ2) is 7.48. The fraction of sp³-hybridized carbons (Fsp3) is 0.538. The van der Waals surface area contributed by atoms with Crippen molar-refractivity contribution in [2.24, 2.45) is 0 Å². The third kappa shape index (κ3) is 5.00. The van der Waals surface area contributed by atoms with Crippen LogP contribution in [-0.4, -0.2) is 27.5 Å². The van der Waals surface area contributed by atoms with Crippen LogP contribution in [0.1, 0.15) is 31.9 Å². The number of nitro groups is 1. The molecule has 0 fully saturated rings. The second-order valence-corrected chi connectivity index (χ2v) is 7.82. The van der Waals surface area contributed by atoms with Gasteiger partial charge >= 0.3 is 12.4 Å². The molecule has 124 valence electrons. The first-order chi connectivity index (χ1) is 10.1. The lowest BCUT2D eigenvalue weighted by atomic mass is 10.1. The monoisotopic (exact) mass is 348 g/mol. The van der Waals surface area contributed by atoms with Gasteiger partial charge < -0.3 is 9.42 Å². The fourth-order valence-corrected chi connectivity index (χ4v) is 3.52. The summed E-state index contributed by atoms with van der Waals surface area (Å²) in [7, 11) is 0. The molecule has 0 radical (unpaired) electrons. The van der Waals surface area contributed by atoms with Crippen molar-refractivity contribution in [2.45, 2.75) is 40.7 Å². The molecule has 1 aromatic rings. The summed E-state index contributed by atoms with van der Waals surface area (Å²) in [5, 5.41) is 12.7. The van der Waals surface area contributed by atoms with Gasteiger partial charge in [0.2, 0.25) is 5.75 Å². The van der Waals surface area contributed by atoms with Crippen LogP contribution >= 0.6 is 6.72 Å². The standard InChI is InChI=1S/C13H21N2O5PS/c1-6-14(9(2)3)20-21(18,22)19-13-11(5)7-10(4)8-12(13)15(16)17/h7-9H,6H2,1-5H3,(H,18,22). The van der Waals surface area contributed by atoms with Crippen LogP contribution in [0.15, 0.2) is 12.1 Å². The number of hydrogen-bond donors (Lipinski definition) is 1. The van der Waals surface area contributed by atoms with Crippen molar-refractivity contribution in [2.75, 3.05) is 6.54 Å². The second-order valence-electron chi connectivity index (χ2n) is 5.16. The van der Waals surface area contributed by atoms with Gasteiger partial charge in [-0.2, -0.15) is 5.06 Å². The number of nitrogens with zero attached hydrogens (tertiary/aromatic N) is 2. The lowest BCUT2D eigenvalue weighted by Crippen LogP contribution is -2.30. The van der Waals surface area contributed by atoms with Crippen molar-refractivity contribution in [3.63, 3.8) is 0 Å². The molecule has 1 atom stereocenters. The van der Waals surface area contributed by atoms with Crippen LogP contribution in [0.2, 0.25) is 0 Å². The summed E-state index contributed by atoms with van der Waals surface area (Å²) in [4.78, 5) is 20.8. The zero-order valence-corrected chi connectivity index (χ0v) is 15.0. The molecule has 0 spiro atoms. The summed E-state index contributed by atoms with van der Waals surface area (Å²) < 4.78 is 10.7. The normalized spacial score (nSPS) is 14.2. The Labute approximate surface area is 135 Å². The minimum Gasteiger partial charge on any atom is -0.416 e. The highest BCUT2D eigenvalue weighted by Crippen LogP contribution is 2.49. The number of hydrogen-bond acceptors (Lipinski definition) is 6. The molecular formula is C13H21N2O5PS. The molecule has 7 nitrogen and oxygen atoms in total. The van der Waals surface area contributed by atoms with Gasteiger partial charge in [-0.25, -0.2) is 4.62 Å². The van der Waals surface area contributed by atoms with Crippen LogP contribution in [0.3, 0.4) is 0 Å². The molecule has 9 heteroatoms. The number of rotatable bonds is 7. The van der Waals surface area contributed by atoms with Gasteiger partial charge in [-0.05, 0) is 38.8 Å². The van der Waals surface area contributed by atoms with Gasteiger partial charge in [-0.15, -0.1) is 0 Å². The number of aryl methyl sites for hydroxylation is 2. The lowest BCUT2D eigenvalue weighted by Gasteiger charge is -2.27. The molecule has 1 rings (SSSR count). The summed E-state index contributed by atoms with van der Waals surface area (Å²) in [5.74, 6) is -0.0544. The van der Waals surface area contributed by atoms with E-state index in [0.717, 1.165) is 5.56 Å². The summed E-state index contributed by atoms with van der Waals surface area (Å²) in [5.41, 5.74) is 1.00. The quantitative estimate of drug-likeness (QED) is 0.459.